The highest BCUT2D eigenvalue weighted by Gasteiger charge is 2.24. The first-order valence-electron chi connectivity index (χ1n) is 5.39. The van der Waals surface area contributed by atoms with Crippen LogP contribution in [0.15, 0.2) is 42.5 Å². The summed E-state index contributed by atoms with van der Waals surface area (Å²) in [5.74, 6) is -0.213. The summed E-state index contributed by atoms with van der Waals surface area (Å²) in [4.78, 5) is 0. The fourth-order valence-electron chi connectivity index (χ4n) is 2.13. The van der Waals surface area contributed by atoms with Crippen LogP contribution in [0.3, 0.4) is 0 Å². The fourth-order valence-corrected chi connectivity index (χ4v) is 2.69. The van der Waals surface area contributed by atoms with Crippen LogP contribution < -0.4 is 0 Å². The van der Waals surface area contributed by atoms with E-state index in [0.29, 0.717) is 6.61 Å². The number of halogens is 2. The molecule has 0 radical (unpaired) electrons. The molecule has 86 valence electrons. The monoisotopic (exact) mass is 340 g/mol. The smallest absolute Gasteiger partial charge is 0.123 e. The Hall–Kier alpha value is -0.940. The van der Waals surface area contributed by atoms with Gasteiger partial charge in [-0.3, -0.25) is 0 Å². The Labute approximate surface area is 113 Å². The SMILES string of the molecule is Fc1ccc(C2OCc3cc(I)ccc32)cc1. The van der Waals surface area contributed by atoms with E-state index in [2.05, 4.69) is 40.8 Å². The molecule has 1 nitrogen and oxygen atoms in total. The molecule has 0 saturated carbocycles. The minimum absolute atomic E-state index is 0.0531. The molecule has 0 bridgehead atoms. The summed E-state index contributed by atoms with van der Waals surface area (Å²) in [7, 11) is 0. The molecular weight excluding hydrogens is 330 g/mol. The number of rotatable bonds is 1. The predicted octanol–water partition coefficient (Wildman–Crippen LogP) is 4.05. The molecule has 1 atom stereocenters. The van der Waals surface area contributed by atoms with Crippen molar-refractivity contribution in [3.63, 3.8) is 0 Å². The summed E-state index contributed by atoms with van der Waals surface area (Å²) in [6.07, 6.45) is -0.0531. The maximum absolute atomic E-state index is 12.9. The van der Waals surface area contributed by atoms with E-state index in [0.717, 1.165) is 5.56 Å². The lowest BCUT2D eigenvalue weighted by Gasteiger charge is -2.11. The highest BCUT2D eigenvalue weighted by molar-refractivity contribution is 14.1. The van der Waals surface area contributed by atoms with Gasteiger partial charge in [0.15, 0.2) is 0 Å². The highest BCUT2D eigenvalue weighted by Crippen LogP contribution is 2.36. The van der Waals surface area contributed by atoms with Gasteiger partial charge in [0.25, 0.3) is 0 Å². The van der Waals surface area contributed by atoms with Gasteiger partial charge in [-0.1, -0.05) is 18.2 Å². The standard InChI is InChI=1S/C14H10FIO/c15-11-3-1-9(2-4-11)14-13-6-5-12(16)7-10(13)8-17-14/h1-7,14H,8H2. The summed E-state index contributed by atoms with van der Waals surface area (Å²) in [5, 5.41) is 0. The number of hydrogen-bond donors (Lipinski definition) is 0. The quantitative estimate of drug-likeness (QED) is 0.712. The lowest BCUT2D eigenvalue weighted by atomic mass is 10.00. The first-order valence-corrected chi connectivity index (χ1v) is 6.47. The zero-order chi connectivity index (χ0) is 11.8. The number of fused-ring (bicyclic) bond motifs is 1. The molecule has 2 aromatic rings. The Bertz CT molecular complexity index is 551. The third kappa shape index (κ3) is 2.09. The molecule has 0 aliphatic carbocycles. The normalized spacial score (nSPS) is 18.1. The first kappa shape index (κ1) is 11.2. The number of benzene rings is 2. The van der Waals surface area contributed by atoms with Gasteiger partial charge in [0.2, 0.25) is 0 Å². The maximum atomic E-state index is 12.9. The van der Waals surface area contributed by atoms with Gasteiger partial charge < -0.3 is 4.74 Å². The van der Waals surface area contributed by atoms with Crippen LogP contribution in [0.2, 0.25) is 0 Å². The van der Waals surface area contributed by atoms with Crippen molar-refractivity contribution >= 4 is 22.6 Å². The second kappa shape index (κ2) is 4.38. The Kier molecular flexibility index (Phi) is 2.88. The molecule has 0 fully saturated rings. The predicted molar refractivity (Wildman–Crippen MR) is 72.2 cm³/mol. The summed E-state index contributed by atoms with van der Waals surface area (Å²) < 4.78 is 19.9. The molecule has 0 saturated heterocycles. The third-order valence-corrected chi connectivity index (χ3v) is 3.64. The van der Waals surface area contributed by atoms with Gasteiger partial charge in [-0.25, -0.2) is 4.39 Å². The van der Waals surface area contributed by atoms with Crippen molar-refractivity contribution in [3.05, 3.63) is 68.5 Å². The molecule has 17 heavy (non-hydrogen) atoms. The van der Waals surface area contributed by atoms with Crippen LogP contribution in [0.1, 0.15) is 22.8 Å². The van der Waals surface area contributed by atoms with Crippen molar-refractivity contribution in [3.8, 4) is 0 Å². The Morgan fingerprint density at radius 1 is 1.12 bits per heavy atom. The Balaban J connectivity index is 2.01. The van der Waals surface area contributed by atoms with Crippen molar-refractivity contribution in [2.24, 2.45) is 0 Å². The molecule has 0 aromatic heterocycles. The largest absolute Gasteiger partial charge is 0.364 e. The van der Waals surface area contributed by atoms with Crippen LogP contribution >= 0.6 is 22.6 Å². The molecule has 3 rings (SSSR count). The zero-order valence-corrected chi connectivity index (χ0v) is 11.1. The maximum Gasteiger partial charge on any atom is 0.123 e. The molecule has 0 spiro atoms. The minimum atomic E-state index is -0.213. The summed E-state index contributed by atoms with van der Waals surface area (Å²) in [6.45, 7) is 0.633. The van der Waals surface area contributed by atoms with Crippen molar-refractivity contribution in [2.45, 2.75) is 12.7 Å². The molecule has 0 N–H and O–H groups in total. The Morgan fingerprint density at radius 3 is 2.65 bits per heavy atom. The van der Waals surface area contributed by atoms with E-state index in [4.69, 9.17) is 4.74 Å². The van der Waals surface area contributed by atoms with E-state index >= 15 is 0 Å². The average molecular weight is 340 g/mol. The van der Waals surface area contributed by atoms with Gasteiger partial charge in [-0.15, -0.1) is 0 Å². The van der Waals surface area contributed by atoms with Gasteiger partial charge in [-0.05, 0) is 63.5 Å². The van der Waals surface area contributed by atoms with Crippen molar-refractivity contribution in [1.29, 1.82) is 0 Å². The van der Waals surface area contributed by atoms with Crippen LogP contribution in [0, 0.1) is 9.39 Å². The van der Waals surface area contributed by atoms with E-state index in [-0.39, 0.29) is 11.9 Å². The molecule has 0 amide bonds. The van der Waals surface area contributed by atoms with Crippen LogP contribution in [0.4, 0.5) is 4.39 Å². The molecule has 1 aliphatic heterocycles. The van der Waals surface area contributed by atoms with Gasteiger partial charge in [0.1, 0.15) is 11.9 Å². The van der Waals surface area contributed by atoms with Crippen LogP contribution in [0.5, 0.6) is 0 Å². The van der Waals surface area contributed by atoms with Crippen LogP contribution in [-0.4, -0.2) is 0 Å². The van der Waals surface area contributed by atoms with Crippen molar-refractivity contribution in [1.82, 2.24) is 0 Å². The summed E-state index contributed by atoms with van der Waals surface area (Å²) in [6, 6.07) is 12.8. The summed E-state index contributed by atoms with van der Waals surface area (Å²) in [5.41, 5.74) is 3.43. The number of hydrogen-bond acceptors (Lipinski definition) is 1. The van der Waals surface area contributed by atoms with E-state index in [1.807, 2.05) is 0 Å². The molecule has 3 heteroatoms. The van der Waals surface area contributed by atoms with E-state index in [9.17, 15) is 4.39 Å². The number of ether oxygens (including phenoxy) is 1. The second-order valence-corrected chi connectivity index (χ2v) is 5.33. The van der Waals surface area contributed by atoms with Gasteiger partial charge >= 0.3 is 0 Å². The fraction of sp³-hybridized carbons (Fsp3) is 0.143. The molecular formula is C14H10FIO. The molecule has 2 aromatic carbocycles. The van der Waals surface area contributed by atoms with E-state index < -0.39 is 0 Å². The van der Waals surface area contributed by atoms with E-state index in [1.165, 1.54) is 26.8 Å². The summed E-state index contributed by atoms with van der Waals surface area (Å²) >= 11 is 2.29. The lowest BCUT2D eigenvalue weighted by Crippen LogP contribution is -1.98. The first-order chi connectivity index (χ1) is 8.24. The van der Waals surface area contributed by atoms with Gasteiger partial charge in [0, 0.05) is 3.57 Å². The molecule has 1 unspecified atom stereocenters. The van der Waals surface area contributed by atoms with Gasteiger partial charge in [-0.2, -0.15) is 0 Å². The van der Waals surface area contributed by atoms with Crippen molar-refractivity contribution in [2.75, 3.05) is 0 Å². The van der Waals surface area contributed by atoms with Crippen molar-refractivity contribution < 1.29 is 9.13 Å². The zero-order valence-electron chi connectivity index (χ0n) is 8.99. The third-order valence-electron chi connectivity index (χ3n) is 2.97. The second-order valence-electron chi connectivity index (χ2n) is 4.09. The average Bonchev–Trinajstić information content (AvgIpc) is 2.73. The van der Waals surface area contributed by atoms with Crippen LogP contribution in [0.25, 0.3) is 0 Å². The van der Waals surface area contributed by atoms with E-state index in [1.54, 1.807) is 12.1 Å². The minimum Gasteiger partial charge on any atom is -0.364 e. The lowest BCUT2D eigenvalue weighted by molar-refractivity contribution is 0.0939. The Morgan fingerprint density at radius 2 is 1.88 bits per heavy atom. The topological polar surface area (TPSA) is 9.23 Å². The van der Waals surface area contributed by atoms with Crippen LogP contribution in [-0.2, 0) is 11.3 Å². The highest BCUT2D eigenvalue weighted by atomic mass is 127. The van der Waals surface area contributed by atoms with Gasteiger partial charge in [0.05, 0.1) is 6.61 Å². The molecule has 1 heterocycles. The molecule has 1 aliphatic rings.